The van der Waals surface area contributed by atoms with E-state index >= 15 is 0 Å². The quantitative estimate of drug-likeness (QED) is 0.924. The Balaban J connectivity index is 1.55. The van der Waals surface area contributed by atoms with Crippen LogP contribution in [0.2, 0.25) is 0 Å². The summed E-state index contributed by atoms with van der Waals surface area (Å²) in [6.45, 7) is 3.00. The van der Waals surface area contributed by atoms with Gasteiger partial charge in [0.05, 0.1) is 5.56 Å². The lowest BCUT2D eigenvalue weighted by atomic mass is 10.0. The number of hydrogen-bond donors (Lipinski definition) is 1. The van der Waals surface area contributed by atoms with Crippen molar-refractivity contribution in [3.63, 3.8) is 0 Å². The molecule has 0 radical (unpaired) electrons. The van der Waals surface area contributed by atoms with E-state index in [2.05, 4.69) is 5.32 Å². The number of benzene rings is 1. The second-order valence-electron chi connectivity index (χ2n) is 5.79. The fraction of sp³-hybridized carbons (Fsp3) is 0.533. The molecule has 1 N–H and O–H groups in total. The van der Waals surface area contributed by atoms with Gasteiger partial charge in [-0.2, -0.15) is 13.2 Å². The van der Waals surface area contributed by atoms with Crippen LogP contribution in [0.1, 0.15) is 5.56 Å². The zero-order chi connectivity index (χ0) is 15.7. The van der Waals surface area contributed by atoms with E-state index in [1.54, 1.807) is 4.90 Å². The minimum Gasteiger partial charge on any atom is -0.484 e. The van der Waals surface area contributed by atoms with E-state index in [1.807, 2.05) is 0 Å². The molecule has 22 heavy (non-hydrogen) atoms. The van der Waals surface area contributed by atoms with Crippen LogP contribution in [0.4, 0.5) is 13.2 Å². The van der Waals surface area contributed by atoms with E-state index in [0.29, 0.717) is 24.9 Å². The highest BCUT2D eigenvalue weighted by Crippen LogP contribution is 2.31. The van der Waals surface area contributed by atoms with Crippen LogP contribution in [0.15, 0.2) is 24.3 Å². The van der Waals surface area contributed by atoms with Crippen molar-refractivity contribution in [2.45, 2.75) is 6.18 Å². The molecule has 3 rings (SSSR count). The molecule has 0 unspecified atom stereocenters. The van der Waals surface area contributed by atoms with Gasteiger partial charge in [0.2, 0.25) is 0 Å². The smallest absolute Gasteiger partial charge is 0.416 e. The van der Waals surface area contributed by atoms with Gasteiger partial charge in [0.15, 0.2) is 6.61 Å². The Morgan fingerprint density at radius 3 is 2.59 bits per heavy atom. The maximum Gasteiger partial charge on any atom is 0.416 e. The van der Waals surface area contributed by atoms with Gasteiger partial charge in [-0.1, -0.05) is 6.07 Å². The molecule has 120 valence electrons. The van der Waals surface area contributed by atoms with E-state index in [9.17, 15) is 18.0 Å². The Kier molecular flexibility index (Phi) is 3.99. The largest absolute Gasteiger partial charge is 0.484 e. The first kappa shape index (κ1) is 15.1. The molecule has 0 spiro atoms. The summed E-state index contributed by atoms with van der Waals surface area (Å²) >= 11 is 0. The molecule has 2 aliphatic heterocycles. The van der Waals surface area contributed by atoms with Crippen molar-refractivity contribution < 1.29 is 22.7 Å². The van der Waals surface area contributed by atoms with Gasteiger partial charge in [0.25, 0.3) is 5.91 Å². The lowest BCUT2D eigenvalue weighted by Gasteiger charge is -2.18. The van der Waals surface area contributed by atoms with Crippen molar-refractivity contribution in [3.05, 3.63) is 29.8 Å². The highest BCUT2D eigenvalue weighted by atomic mass is 19.4. The molecule has 4 nitrogen and oxygen atoms in total. The molecule has 2 heterocycles. The first-order valence-electron chi connectivity index (χ1n) is 7.22. The van der Waals surface area contributed by atoms with Gasteiger partial charge in [-0.25, -0.2) is 0 Å². The molecule has 0 saturated carbocycles. The topological polar surface area (TPSA) is 41.6 Å². The minimum absolute atomic E-state index is 0.0595. The molecule has 0 bridgehead atoms. The Morgan fingerprint density at radius 1 is 1.27 bits per heavy atom. The molecule has 1 aromatic rings. The third-order valence-electron chi connectivity index (χ3n) is 4.27. The molecular formula is C15H17F3N2O2. The van der Waals surface area contributed by atoms with Crippen molar-refractivity contribution in [1.82, 2.24) is 10.2 Å². The van der Waals surface area contributed by atoms with Gasteiger partial charge in [-0.3, -0.25) is 4.79 Å². The van der Waals surface area contributed by atoms with E-state index in [-0.39, 0.29) is 18.3 Å². The van der Waals surface area contributed by atoms with Crippen LogP contribution in [0.5, 0.6) is 5.75 Å². The summed E-state index contributed by atoms with van der Waals surface area (Å²) in [5, 5.41) is 3.29. The van der Waals surface area contributed by atoms with Gasteiger partial charge in [0, 0.05) is 26.2 Å². The summed E-state index contributed by atoms with van der Waals surface area (Å²) in [6, 6.07) is 4.58. The van der Waals surface area contributed by atoms with Crippen molar-refractivity contribution >= 4 is 5.91 Å². The molecular weight excluding hydrogens is 297 g/mol. The maximum absolute atomic E-state index is 12.6. The van der Waals surface area contributed by atoms with Crippen LogP contribution in [0.3, 0.4) is 0 Å². The van der Waals surface area contributed by atoms with Crippen molar-refractivity contribution in [1.29, 1.82) is 0 Å². The molecule has 1 aromatic carbocycles. The number of halogens is 3. The number of carbonyl (C=O) groups excluding carboxylic acids is 1. The lowest BCUT2D eigenvalue weighted by molar-refractivity contribution is -0.137. The average molecular weight is 314 g/mol. The van der Waals surface area contributed by atoms with Crippen LogP contribution in [0.25, 0.3) is 0 Å². The number of carbonyl (C=O) groups is 1. The Morgan fingerprint density at radius 2 is 1.95 bits per heavy atom. The molecule has 0 aliphatic carbocycles. The average Bonchev–Trinajstić information content (AvgIpc) is 3.05. The molecule has 1 amide bonds. The summed E-state index contributed by atoms with van der Waals surface area (Å²) < 4.78 is 43.1. The second kappa shape index (κ2) is 5.79. The zero-order valence-corrected chi connectivity index (χ0v) is 11.9. The number of nitrogens with zero attached hydrogens (tertiary/aromatic N) is 1. The van der Waals surface area contributed by atoms with Gasteiger partial charge in [0.1, 0.15) is 5.75 Å². The fourth-order valence-corrected chi connectivity index (χ4v) is 3.06. The number of alkyl halides is 3. The third kappa shape index (κ3) is 3.19. The van der Waals surface area contributed by atoms with Gasteiger partial charge < -0.3 is 15.0 Å². The van der Waals surface area contributed by atoms with Crippen molar-refractivity contribution in [2.24, 2.45) is 11.8 Å². The van der Waals surface area contributed by atoms with Crippen LogP contribution in [-0.2, 0) is 11.0 Å². The van der Waals surface area contributed by atoms with Crippen LogP contribution >= 0.6 is 0 Å². The summed E-state index contributed by atoms with van der Waals surface area (Å²) in [4.78, 5) is 13.8. The summed E-state index contributed by atoms with van der Waals surface area (Å²) in [7, 11) is 0. The molecule has 7 heteroatoms. The fourth-order valence-electron chi connectivity index (χ4n) is 3.06. The first-order valence-corrected chi connectivity index (χ1v) is 7.22. The molecule has 2 saturated heterocycles. The zero-order valence-electron chi connectivity index (χ0n) is 11.9. The highest BCUT2D eigenvalue weighted by molar-refractivity contribution is 5.78. The number of rotatable bonds is 3. The standard InChI is InChI=1S/C15H17F3N2O2/c16-15(17,18)12-2-1-3-13(4-12)22-9-14(21)20-7-10-5-19-6-11(10)8-20/h1-4,10-11,19H,5-9H2/t10-,11+. The lowest BCUT2D eigenvalue weighted by Crippen LogP contribution is -2.35. The number of ether oxygens (including phenoxy) is 1. The van der Waals surface area contributed by atoms with E-state index < -0.39 is 11.7 Å². The Labute approximate surface area is 126 Å². The predicted octanol–water partition coefficient (Wildman–Crippen LogP) is 1.76. The number of likely N-dealkylation sites (tertiary alicyclic amines) is 1. The molecule has 2 aliphatic rings. The molecule has 2 fully saturated rings. The van der Waals surface area contributed by atoms with Gasteiger partial charge in [-0.05, 0) is 30.0 Å². The van der Waals surface area contributed by atoms with E-state index in [0.717, 1.165) is 25.2 Å². The van der Waals surface area contributed by atoms with Crippen LogP contribution in [0, 0.1) is 11.8 Å². The number of nitrogens with one attached hydrogen (secondary N) is 1. The summed E-state index contributed by atoms with van der Waals surface area (Å²) in [5.74, 6) is 0.853. The minimum atomic E-state index is -4.41. The normalized spacial score (nSPS) is 24.4. The predicted molar refractivity (Wildman–Crippen MR) is 73.4 cm³/mol. The number of amides is 1. The van der Waals surface area contributed by atoms with Gasteiger partial charge >= 0.3 is 6.18 Å². The molecule has 2 atom stereocenters. The summed E-state index contributed by atoms with van der Waals surface area (Å²) in [5.41, 5.74) is -0.778. The van der Waals surface area contributed by atoms with E-state index in [4.69, 9.17) is 4.74 Å². The number of hydrogen-bond acceptors (Lipinski definition) is 3. The van der Waals surface area contributed by atoms with Gasteiger partial charge in [-0.15, -0.1) is 0 Å². The Hall–Kier alpha value is -1.76. The monoisotopic (exact) mass is 314 g/mol. The van der Waals surface area contributed by atoms with Crippen LogP contribution in [-0.4, -0.2) is 43.6 Å². The maximum atomic E-state index is 12.6. The third-order valence-corrected chi connectivity index (χ3v) is 4.27. The van der Waals surface area contributed by atoms with Crippen molar-refractivity contribution in [2.75, 3.05) is 32.8 Å². The van der Waals surface area contributed by atoms with Crippen LogP contribution < -0.4 is 10.1 Å². The highest BCUT2D eigenvalue weighted by Gasteiger charge is 2.38. The van der Waals surface area contributed by atoms with Crippen molar-refractivity contribution in [3.8, 4) is 5.75 Å². The second-order valence-corrected chi connectivity index (χ2v) is 5.79. The van der Waals surface area contributed by atoms with E-state index in [1.165, 1.54) is 12.1 Å². The molecule has 0 aromatic heterocycles. The summed E-state index contributed by atoms with van der Waals surface area (Å²) in [6.07, 6.45) is -4.41. The first-order chi connectivity index (χ1) is 10.4. The number of fused-ring (bicyclic) bond motifs is 1. The SMILES string of the molecule is O=C(COc1cccc(C(F)(F)F)c1)N1C[C@H]2CNC[C@H]2C1. The Bertz CT molecular complexity index is 550.